The van der Waals surface area contributed by atoms with E-state index in [1.807, 2.05) is 30.3 Å². The van der Waals surface area contributed by atoms with E-state index in [-0.39, 0.29) is 18.1 Å². The van der Waals surface area contributed by atoms with Crippen molar-refractivity contribution in [1.82, 2.24) is 5.43 Å². The standard InChI is InChI=1S/C17H19N5O3/c1-21(2)15-9-8-13(10-16(15)22(24)25)11-19-20-17(23)12-18-14-6-4-3-5-7-14/h3-11,18H,12H2,1-2H3,(H,20,23)/b19-11-. The van der Waals surface area contributed by atoms with Crippen molar-refractivity contribution in [3.05, 3.63) is 64.2 Å². The van der Waals surface area contributed by atoms with Crippen LogP contribution < -0.4 is 15.6 Å². The van der Waals surface area contributed by atoms with Gasteiger partial charge in [0.25, 0.3) is 11.6 Å². The molecule has 0 saturated heterocycles. The summed E-state index contributed by atoms with van der Waals surface area (Å²) in [4.78, 5) is 24.1. The maximum Gasteiger partial charge on any atom is 0.293 e. The molecule has 0 unspecified atom stereocenters. The number of nitro benzene ring substituents is 1. The summed E-state index contributed by atoms with van der Waals surface area (Å²) in [6.45, 7) is 0.0705. The first kappa shape index (κ1) is 17.9. The Balaban J connectivity index is 1.94. The van der Waals surface area contributed by atoms with Gasteiger partial charge in [-0.05, 0) is 18.2 Å². The van der Waals surface area contributed by atoms with Gasteiger partial charge in [-0.3, -0.25) is 14.9 Å². The van der Waals surface area contributed by atoms with Crippen LogP contribution in [0.3, 0.4) is 0 Å². The monoisotopic (exact) mass is 341 g/mol. The largest absolute Gasteiger partial charge is 0.376 e. The van der Waals surface area contributed by atoms with Crippen molar-refractivity contribution in [2.75, 3.05) is 30.9 Å². The molecule has 2 rings (SSSR count). The molecule has 0 spiro atoms. The Morgan fingerprint density at radius 1 is 1.24 bits per heavy atom. The summed E-state index contributed by atoms with van der Waals surface area (Å²) in [7, 11) is 3.46. The molecule has 0 radical (unpaired) electrons. The van der Waals surface area contributed by atoms with E-state index < -0.39 is 4.92 Å². The number of amides is 1. The van der Waals surface area contributed by atoms with E-state index in [0.717, 1.165) is 5.69 Å². The molecule has 0 aliphatic carbocycles. The van der Waals surface area contributed by atoms with Gasteiger partial charge in [-0.2, -0.15) is 5.10 Å². The van der Waals surface area contributed by atoms with Gasteiger partial charge in [0, 0.05) is 31.4 Å². The van der Waals surface area contributed by atoms with Crippen LogP contribution in [0.4, 0.5) is 17.1 Å². The van der Waals surface area contributed by atoms with Crippen LogP contribution in [-0.2, 0) is 4.79 Å². The number of benzene rings is 2. The van der Waals surface area contributed by atoms with Crippen molar-refractivity contribution < 1.29 is 9.72 Å². The molecule has 0 atom stereocenters. The zero-order valence-corrected chi connectivity index (χ0v) is 14.0. The lowest BCUT2D eigenvalue weighted by Gasteiger charge is -2.12. The molecular weight excluding hydrogens is 322 g/mol. The van der Waals surface area contributed by atoms with E-state index in [9.17, 15) is 14.9 Å². The summed E-state index contributed by atoms with van der Waals surface area (Å²) in [5, 5.41) is 17.9. The molecule has 2 aromatic carbocycles. The maximum atomic E-state index is 11.7. The quantitative estimate of drug-likeness (QED) is 0.457. The van der Waals surface area contributed by atoms with E-state index in [1.54, 1.807) is 31.1 Å². The van der Waals surface area contributed by atoms with Gasteiger partial charge in [0.2, 0.25) is 0 Å². The summed E-state index contributed by atoms with van der Waals surface area (Å²) in [5.74, 6) is -0.320. The third-order valence-electron chi connectivity index (χ3n) is 3.31. The minimum atomic E-state index is -0.449. The average molecular weight is 341 g/mol. The average Bonchev–Trinajstić information content (AvgIpc) is 2.60. The highest BCUT2D eigenvalue weighted by Crippen LogP contribution is 2.27. The van der Waals surface area contributed by atoms with Gasteiger partial charge >= 0.3 is 0 Å². The van der Waals surface area contributed by atoms with Crippen molar-refractivity contribution in [2.45, 2.75) is 0 Å². The zero-order chi connectivity index (χ0) is 18.2. The number of carbonyl (C=O) groups is 1. The number of carbonyl (C=O) groups excluding carboxylic acids is 1. The van der Waals surface area contributed by atoms with E-state index in [4.69, 9.17) is 0 Å². The Morgan fingerprint density at radius 3 is 2.60 bits per heavy atom. The first-order valence-electron chi connectivity index (χ1n) is 7.54. The number of hydrogen-bond acceptors (Lipinski definition) is 6. The van der Waals surface area contributed by atoms with Crippen LogP contribution in [0.25, 0.3) is 0 Å². The van der Waals surface area contributed by atoms with Crippen molar-refractivity contribution in [3.8, 4) is 0 Å². The molecule has 0 bridgehead atoms. The number of hydrogen-bond donors (Lipinski definition) is 2. The molecule has 0 aromatic heterocycles. The molecule has 0 saturated carbocycles. The minimum absolute atomic E-state index is 0.0222. The number of para-hydroxylation sites is 1. The number of rotatable bonds is 7. The summed E-state index contributed by atoms with van der Waals surface area (Å²) < 4.78 is 0. The molecular formula is C17H19N5O3. The summed E-state index contributed by atoms with van der Waals surface area (Å²) in [5.41, 5.74) is 4.20. The topological polar surface area (TPSA) is 99.9 Å². The second-order valence-corrected chi connectivity index (χ2v) is 5.41. The second kappa shape index (κ2) is 8.44. The lowest BCUT2D eigenvalue weighted by molar-refractivity contribution is -0.384. The van der Waals surface area contributed by atoms with Crippen molar-refractivity contribution >= 4 is 29.2 Å². The van der Waals surface area contributed by atoms with E-state index in [1.165, 1.54) is 12.3 Å². The molecule has 130 valence electrons. The number of nitrogens with one attached hydrogen (secondary N) is 2. The van der Waals surface area contributed by atoms with Crippen LogP contribution >= 0.6 is 0 Å². The molecule has 8 nitrogen and oxygen atoms in total. The van der Waals surface area contributed by atoms with Crippen molar-refractivity contribution in [3.63, 3.8) is 0 Å². The van der Waals surface area contributed by atoms with Crippen LogP contribution in [0.2, 0.25) is 0 Å². The molecule has 25 heavy (non-hydrogen) atoms. The van der Waals surface area contributed by atoms with Gasteiger partial charge in [0.05, 0.1) is 17.7 Å². The SMILES string of the molecule is CN(C)c1ccc(/C=N\NC(=O)CNc2ccccc2)cc1[N+](=O)[O-]. The normalized spacial score (nSPS) is 10.5. The molecule has 8 heteroatoms. The lowest BCUT2D eigenvalue weighted by Crippen LogP contribution is -2.25. The molecule has 0 heterocycles. The smallest absolute Gasteiger partial charge is 0.293 e. The highest BCUT2D eigenvalue weighted by molar-refractivity contribution is 5.86. The Labute approximate surface area is 145 Å². The maximum absolute atomic E-state index is 11.7. The first-order chi connectivity index (χ1) is 12.0. The Bertz CT molecular complexity index is 775. The summed E-state index contributed by atoms with van der Waals surface area (Å²) in [6, 6.07) is 14.1. The molecule has 0 aliphatic heterocycles. The Morgan fingerprint density at radius 2 is 1.96 bits per heavy atom. The summed E-state index contributed by atoms with van der Waals surface area (Å²) >= 11 is 0. The minimum Gasteiger partial charge on any atom is -0.376 e. The third-order valence-corrected chi connectivity index (χ3v) is 3.31. The van der Waals surface area contributed by atoms with Gasteiger partial charge < -0.3 is 10.2 Å². The van der Waals surface area contributed by atoms with Gasteiger partial charge in [-0.25, -0.2) is 5.43 Å². The van der Waals surface area contributed by atoms with E-state index in [0.29, 0.717) is 11.3 Å². The van der Waals surface area contributed by atoms with E-state index in [2.05, 4.69) is 15.8 Å². The highest BCUT2D eigenvalue weighted by Gasteiger charge is 2.15. The molecule has 0 fully saturated rings. The third kappa shape index (κ3) is 5.31. The molecule has 2 N–H and O–H groups in total. The van der Waals surface area contributed by atoms with E-state index >= 15 is 0 Å². The Hall–Kier alpha value is -3.42. The molecule has 2 aromatic rings. The van der Waals surface area contributed by atoms with Gasteiger partial charge in [0.15, 0.2) is 0 Å². The fourth-order valence-electron chi connectivity index (χ4n) is 2.10. The van der Waals surface area contributed by atoms with Crippen LogP contribution in [-0.4, -0.2) is 37.7 Å². The van der Waals surface area contributed by atoms with Crippen LogP contribution in [0.5, 0.6) is 0 Å². The predicted octanol–water partition coefficient (Wildman–Crippen LogP) is 2.22. The highest BCUT2D eigenvalue weighted by atomic mass is 16.6. The fourth-order valence-corrected chi connectivity index (χ4v) is 2.10. The number of nitro groups is 1. The number of anilines is 2. The van der Waals surface area contributed by atoms with Crippen LogP contribution in [0.1, 0.15) is 5.56 Å². The number of hydrazone groups is 1. The van der Waals surface area contributed by atoms with Gasteiger partial charge in [-0.15, -0.1) is 0 Å². The van der Waals surface area contributed by atoms with Gasteiger partial charge in [0.1, 0.15) is 5.69 Å². The molecule has 0 aliphatic rings. The predicted molar refractivity (Wildman–Crippen MR) is 98.1 cm³/mol. The molecule has 1 amide bonds. The van der Waals surface area contributed by atoms with Gasteiger partial charge in [-0.1, -0.05) is 24.3 Å². The number of nitrogens with zero attached hydrogens (tertiary/aromatic N) is 3. The van der Waals surface area contributed by atoms with Crippen molar-refractivity contribution in [1.29, 1.82) is 0 Å². The second-order valence-electron chi connectivity index (χ2n) is 5.41. The Kier molecular flexibility index (Phi) is 6.05. The van der Waals surface area contributed by atoms with Crippen molar-refractivity contribution in [2.24, 2.45) is 5.10 Å². The lowest BCUT2D eigenvalue weighted by atomic mass is 10.2. The first-order valence-corrected chi connectivity index (χ1v) is 7.54. The fraction of sp³-hybridized carbons (Fsp3) is 0.176. The summed E-state index contributed by atoms with van der Waals surface area (Å²) in [6.07, 6.45) is 1.37. The van der Waals surface area contributed by atoms with Crippen LogP contribution in [0, 0.1) is 10.1 Å². The zero-order valence-electron chi connectivity index (χ0n) is 14.0. The van der Waals surface area contributed by atoms with Crippen LogP contribution in [0.15, 0.2) is 53.6 Å².